The van der Waals surface area contributed by atoms with Crippen molar-refractivity contribution in [1.29, 1.82) is 0 Å². The number of oxime groups is 1. The monoisotopic (exact) mass is 440 g/mol. The largest absolute Gasteiger partial charge is 0.511 e. The van der Waals surface area contributed by atoms with Gasteiger partial charge in [0.25, 0.3) is 0 Å². The maximum atomic E-state index is 12.6. The first-order valence-corrected chi connectivity index (χ1v) is 11.2. The molecule has 1 unspecified atom stereocenters. The Morgan fingerprint density at radius 3 is 2.71 bits per heavy atom. The molecule has 2 aromatic rings. The third-order valence-corrected chi connectivity index (χ3v) is 5.46. The lowest BCUT2D eigenvalue weighted by Crippen LogP contribution is -2.24. The Hall–Kier alpha value is -3.13. The van der Waals surface area contributed by atoms with Crippen LogP contribution in [0.1, 0.15) is 37.8 Å². The number of carbonyl (C=O) groups excluding carboxylic acids is 2. The molecule has 0 bridgehead atoms. The zero-order chi connectivity index (χ0) is 22.2. The number of ketones is 2. The van der Waals surface area contributed by atoms with Crippen molar-refractivity contribution in [1.82, 2.24) is 4.98 Å². The van der Waals surface area contributed by atoms with Crippen molar-refractivity contribution in [3.8, 4) is 11.6 Å². The summed E-state index contributed by atoms with van der Waals surface area (Å²) in [6.45, 7) is 2.16. The molecule has 7 nitrogen and oxygen atoms in total. The molecule has 0 aliphatic heterocycles. The average molecular weight is 441 g/mol. The molecule has 0 radical (unpaired) electrons. The van der Waals surface area contributed by atoms with Crippen LogP contribution < -0.4 is 4.74 Å². The summed E-state index contributed by atoms with van der Waals surface area (Å²) in [6.07, 6.45) is 3.44. The van der Waals surface area contributed by atoms with Crippen LogP contribution in [0.15, 0.2) is 63.8 Å². The quantitative estimate of drug-likeness (QED) is 0.258. The second-order valence-corrected chi connectivity index (χ2v) is 7.74. The first-order chi connectivity index (χ1) is 15.0. The van der Waals surface area contributed by atoms with E-state index in [9.17, 15) is 14.7 Å². The molecule has 162 valence electrons. The van der Waals surface area contributed by atoms with Crippen molar-refractivity contribution in [2.45, 2.75) is 37.0 Å². The van der Waals surface area contributed by atoms with E-state index < -0.39 is 11.6 Å². The van der Waals surface area contributed by atoms with Gasteiger partial charge in [-0.1, -0.05) is 11.2 Å². The number of allylic oxidation sites excluding steroid dienone is 2. The van der Waals surface area contributed by atoms with Gasteiger partial charge in [0, 0.05) is 35.4 Å². The highest BCUT2D eigenvalue weighted by atomic mass is 32.2. The van der Waals surface area contributed by atoms with Crippen LogP contribution in [-0.2, 0) is 14.4 Å². The molecule has 0 saturated carbocycles. The lowest BCUT2D eigenvalue weighted by molar-refractivity contribution is -0.122. The van der Waals surface area contributed by atoms with Crippen LogP contribution in [0.4, 0.5) is 0 Å². The Kier molecular flexibility index (Phi) is 7.83. The van der Waals surface area contributed by atoms with Crippen molar-refractivity contribution in [2.24, 2.45) is 5.16 Å². The number of hydrogen-bond donors (Lipinski definition) is 1. The van der Waals surface area contributed by atoms with Gasteiger partial charge in [-0.3, -0.25) is 9.59 Å². The van der Waals surface area contributed by atoms with E-state index in [1.54, 1.807) is 36.9 Å². The number of nitrogens with zero attached hydrogens (tertiary/aromatic N) is 2. The molecular formula is C23H24N2O5S. The number of aliphatic hydroxyl groups excluding tert-OH is 1. The molecule has 0 saturated heterocycles. The van der Waals surface area contributed by atoms with Gasteiger partial charge in [0.05, 0.1) is 18.2 Å². The summed E-state index contributed by atoms with van der Waals surface area (Å²) in [5.74, 6) is -0.348. The van der Waals surface area contributed by atoms with Crippen LogP contribution in [0, 0.1) is 0 Å². The first kappa shape index (κ1) is 22.6. The fraction of sp³-hybridized carbons (Fsp3) is 0.304. The number of ether oxygens (including phenoxy) is 1. The Morgan fingerprint density at radius 1 is 1.26 bits per heavy atom. The predicted octanol–water partition coefficient (Wildman–Crippen LogP) is 4.84. The van der Waals surface area contributed by atoms with Crippen LogP contribution in [0.3, 0.4) is 0 Å². The second-order valence-electron chi connectivity index (χ2n) is 6.86. The van der Waals surface area contributed by atoms with E-state index in [1.807, 2.05) is 30.5 Å². The maximum Gasteiger partial charge on any atom is 0.219 e. The number of pyridine rings is 1. The van der Waals surface area contributed by atoms with Gasteiger partial charge in [-0.2, -0.15) is 0 Å². The van der Waals surface area contributed by atoms with Gasteiger partial charge >= 0.3 is 0 Å². The summed E-state index contributed by atoms with van der Waals surface area (Å²) in [7, 11) is 0. The Balaban J connectivity index is 1.71. The molecule has 1 aromatic carbocycles. The van der Waals surface area contributed by atoms with Crippen LogP contribution in [0.2, 0.25) is 0 Å². The number of benzene rings is 1. The Labute approximate surface area is 185 Å². The standard InChI is InChI=1S/C23H24N2O5S/c1-3-29-24-12-11-19(26)23-20(27)13-15(14-21(23)28)18-5-4-6-22(25-18)30-16-7-9-17(31-2)10-8-16/h4-10,12,15,27H,3,11,13-14H2,1-2H3. The number of Topliss-reactive ketones (excluding diaryl/α,β-unsaturated/α-hetero) is 2. The zero-order valence-corrected chi connectivity index (χ0v) is 18.2. The minimum atomic E-state index is -0.469. The van der Waals surface area contributed by atoms with Crippen LogP contribution in [-0.4, -0.2) is 40.7 Å². The SMILES string of the molecule is CCON=CCC(=O)C1=C(O)CC(c2cccc(Oc3ccc(SC)cc3)n2)CC1=O. The molecule has 1 N–H and O–H groups in total. The number of hydrogen-bond acceptors (Lipinski definition) is 8. The van der Waals surface area contributed by atoms with E-state index in [2.05, 4.69) is 10.1 Å². The highest BCUT2D eigenvalue weighted by Crippen LogP contribution is 2.34. The number of aromatic nitrogens is 1. The fourth-order valence-corrected chi connectivity index (χ4v) is 3.66. The van der Waals surface area contributed by atoms with E-state index >= 15 is 0 Å². The Morgan fingerprint density at radius 2 is 2.03 bits per heavy atom. The van der Waals surface area contributed by atoms with Gasteiger partial charge in [0.2, 0.25) is 5.88 Å². The van der Waals surface area contributed by atoms with E-state index in [1.165, 1.54) is 6.21 Å². The summed E-state index contributed by atoms with van der Waals surface area (Å²) < 4.78 is 5.83. The molecule has 3 rings (SSSR count). The van der Waals surface area contributed by atoms with E-state index in [4.69, 9.17) is 9.57 Å². The maximum absolute atomic E-state index is 12.6. The molecule has 1 atom stereocenters. The normalized spacial score (nSPS) is 16.6. The predicted molar refractivity (Wildman–Crippen MR) is 119 cm³/mol. The van der Waals surface area contributed by atoms with Crippen molar-refractivity contribution >= 4 is 29.5 Å². The molecule has 8 heteroatoms. The lowest BCUT2D eigenvalue weighted by atomic mass is 9.83. The van der Waals surface area contributed by atoms with E-state index in [-0.39, 0.29) is 36.5 Å². The molecule has 1 heterocycles. The summed E-state index contributed by atoms with van der Waals surface area (Å²) in [6, 6.07) is 13.0. The van der Waals surface area contributed by atoms with Crippen molar-refractivity contribution in [3.05, 3.63) is 59.5 Å². The summed E-state index contributed by atoms with van der Waals surface area (Å²) in [5.41, 5.74) is 0.475. The smallest absolute Gasteiger partial charge is 0.219 e. The molecule has 1 aliphatic rings. The molecular weight excluding hydrogens is 416 g/mol. The molecule has 1 aromatic heterocycles. The van der Waals surface area contributed by atoms with Crippen LogP contribution in [0.25, 0.3) is 0 Å². The van der Waals surface area contributed by atoms with Gasteiger partial charge in [-0.05, 0) is 43.5 Å². The van der Waals surface area contributed by atoms with E-state index in [0.717, 1.165) is 4.90 Å². The van der Waals surface area contributed by atoms with Gasteiger partial charge in [-0.15, -0.1) is 11.8 Å². The van der Waals surface area contributed by atoms with Crippen LogP contribution >= 0.6 is 11.8 Å². The molecule has 0 spiro atoms. The molecule has 31 heavy (non-hydrogen) atoms. The fourth-order valence-electron chi connectivity index (χ4n) is 3.25. The van der Waals surface area contributed by atoms with Crippen molar-refractivity contribution in [3.63, 3.8) is 0 Å². The van der Waals surface area contributed by atoms with E-state index in [0.29, 0.717) is 23.9 Å². The second kappa shape index (κ2) is 10.8. The minimum Gasteiger partial charge on any atom is -0.511 e. The molecule has 0 fully saturated rings. The first-order valence-electron chi connectivity index (χ1n) is 9.93. The molecule has 0 amide bonds. The van der Waals surface area contributed by atoms with Gasteiger partial charge < -0.3 is 14.7 Å². The topological polar surface area (TPSA) is 98.1 Å². The highest BCUT2D eigenvalue weighted by molar-refractivity contribution is 7.98. The highest BCUT2D eigenvalue weighted by Gasteiger charge is 2.32. The van der Waals surface area contributed by atoms with Crippen molar-refractivity contribution in [2.75, 3.05) is 12.9 Å². The third kappa shape index (κ3) is 5.95. The summed E-state index contributed by atoms with van der Waals surface area (Å²) >= 11 is 1.65. The van der Waals surface area contributed by atoms with Gasteiger partial charge in [-0.25, -0.2) is 4.98 Å². The molecule has 1 aliphatic carbocycles. The van der Waals surface area contributed by atoms with Crippen LogP contribution in [0.5, 0.6) is 11.6 Å². The number of carbonyl (C=O) groups is 2. The number of aliphatic hydroxyl groups is 1. The van der Waals surface area contributed by atoms with Gasteiger partial charge in [0.15, 0.2) is 11.6 Å². The number of rotatable bonds is 9. The minimum absolute atomic E-state index is 0.0899. The average Bonchev–Trinajstić information content (AvgIpc) is 2.77. The van der Waals surface area contributed by atoms with Gasteiger partial charge in [0.1, 0.15) is 18.1 Å². The number of thioether (sulfide) groups is 1. The summed E-state index contributed by atoms with van der Waals surface area (Å²) in [5, 5.41) is 14.0. The lowest BCUT2D eigenvalue weighted by Gasteiger charge is -2.22. The van der Waals surface area contributed by atoms with Crippen molar-refractivity contribution < 1.29 is 24.3 Å². The Bertz CT molecular complexity index is 1000. The summed E-state index contributed by atoms with van der Waals surface area (Å²) in [4.78, 5) is 35.3. The zero-order valence-electron chi connectivity index (χ0n) is 17.4. The third-order valence-electron chi connectivity index (χ3n) is 4.72.